The number of hydrazone groups is 1. The third-order valence-corrected chi connectivity index (χ3v) is 6.32. The van der Waals surface area contributed by atoms with Crippen molar-refractivity contribution < 1.29 is 18.3 Å². The van der Waals surface area contributed by atoms with Crippen molar-refractivity contribution in [1.82, 2.24) is 9.73 Å². The Morgan fingerprint density at radius 1 is 1.00 bits per heavy atom. The van der Waals surface area contributed by atoms with Crippen LogP contribution in [-0.4, -0.2) is 36.5 Å². The molecule has 3 aromatic rings. The van der Waals surface area contributed by atoms with Crippen molar-refractivity contribution >= 4 is 22.1 Å². The molecule has 0 fully saturated rings. The van der Waals surface area contributed by atoms with E-state index >= 15 is 0 Å². The fourth-order valence-electron chi connectivity index (χ4n) is 2.84. The molecule has 0 aliphatic heterocycles. The van der Waals surface area contributed by atoms with Gasteiger partial charge < -0.3 is 5.11 Å². The molecule has 1 amide bonds. The molecular formula is C23H23N3O4S. The molecule has 0 aromatic heterocycles. The number of nitrogens with one attached hydrogen (secondary N) is 1. The molecule has 7 nitrogen and oxygen atoms in total. The van der Waals surface area contributed by atoms with Gasteiger partial charge in [-0.05, 0) is 36.8 Å². The van der Waals surface area contributed by atoms with Gasteiger partial charge in [0.1, 0.15) is 5.75 Å². The summed E-state index contributed by atoms with van der Waals surface area (Å²) >= 11 is 0. The van der Waals surface area contributed by atoms with Gasteiger partial charge in [-0.2, -0.15) is 9.41 Å². The maximum atomic E-state index is 13.2. The van der Waals surface area contributed by atoms with E-state index in [-0.39, 0.29) is 17.2 Å². The first-order valence-electron chi connectivity index (χ1n) is 9.57. The summed E-state index contributed by atoms with van der Waals surface area (Å²) in [6, 6.07) is 22.0. The Morgan fingerprint density at radius 3 is 2.32 bits per heavy atom. The van der Waals surface area contributed by atoms with Crippen LogP contribution in [0.5, 0.6) is 5.75 Å². The molecule has 0 aliphatic rings. The highest BCUT2D eigenvalue weighted by molar-refractivity contribution is 7.89. The first-order chi connectivity index (χ1) is 14.9. The maximum Gasteiger partial charge on any atom is 0.255 e. The van der Waals surface area contributed by atoms with E-state index in [2.05, 4.69) is 10.5 Å². The first kappa shape index (κ1) is 22.2. The van der Waals surface area contributed by atoms with Gasteiger partial charge in [0, 0.05) is 12.1 Å². The van der Waals surface area contributed by atoms with Gasteiger partial charge in [-0.15, -0.1) is 0 Å². The average Bonchev–Trinajstić information content (AvgIpc) is 2.76. The van der Waals surface area contributed by atoms with Crippen LogP contribution in [0.2, 0.25) is 0 Å². The molecule has 160 valence electrons. The summed E-state index contributed by atoms with van der Waals surface area (Å²) in [5.41, 5.74) is 4.44. The number of carbonyl (C=O) groups is 1. The molecule has 0 unspecified atom stereocenters. The smallest absolute Gasteiger partial charge is 0.255 e. The number of hydrogen-bond donors (Lipinski definition) is 2. The highest BCUT2D eigenvalue weighted by Crippen LogP contribution is 2.19. The predicted molar refractivity (Wildman–Crippen MR) is 119 cm³/mol. The Morgan fingerprint density at radius 2 is 1.65 bits per heavy atom. The number of aryl methyl sites for hydroxylation is 1. The zero-order valence-electron chi connectivity index (χ0n) is 17.0. The molecule has 8 heteroatoms. The first-order valence-corrected chi connectivity index (χ1v) is 11.0. The number of rotatable bonds is 8. The van der Waals surface area contributed by atoms with Crippen molar-refractivity contribution in [1.29, 1.82) is 0 Å². The summed E-state index contributed by atoms with van der Waals surface area (Å²) in [6.07, 6.45) is 1.29. The molecular weight excluding hydrogens is 414 g/mol. The Balaban J connectivity index is 1.78. The lowest BCUT2D eigenvalue weighted by Gasteiger charge is -2.21. The number of phenolic OH excluding ortho intramolecular Hbond substituents is 1. The highest BCUT2D eigenvalue weighted by atomic mass is 32.2. The number of nitrogens with zero attached hydrogens (tertiary/aromatic N) is 2. The van der Waals surface area contributed by atoms with E-state index in [1.54, 1.807) is 42.5 Å². The average molecular weight is 438 g/mol. The van der Waals surface area contributed by atoms with E-state index in [1.807, 2.05) is 25.1 Å². The molecule has 2 N–H and O–H groups in total. The lowest BCUT2D eigenvalue weighted by atomic mass is 10.2. The third-order valence-electron chi connectivity index (χ3n) is 4.51. The van der Waals surface area contributed by atoms with Crippen molar-refractivity contribution in [3.05, 3.63) is 95.6 Å². The van der Waals surface area contributed by atoms with Crippen molar-refractivity contribution in [2.24, 2.45) is 5.10 Å². The van der Waals surface area contributed by atoms with Gasteiger partial charge in [0.15, 0.2) is 0 Å². The Hall–Kier alpha value is -3.49. The Labute approximate surface area is 181 Å². The monoisotopic (exact) mass is 437 g/mol. The minimum atomic E-state index is -3.91. The number of carbonyl (C=O) groups excluding carboxylic acids is 1. The summed E-state index contributed by atoms with van der Waals surface area (Å²) in [6.45, 7) is 1.49. The number of para-hydroxylation sites is 1. The summed E-state index contributed by atoms with van der Waals surface area (Å²) in [5, 5.41) is 13.6. The molecule has 0 heterocycles. The van der Waals surface area contributed by atoms with Gasteiger partial charge in [-0.25, -0.2) is 13.8 Å². The van der Waals surface area contributed by atoms with Gasteiger partial charge in [0.25, 0.3) is 5.91 Å². The maximum absolute atomic E-state index is 13.2. The fraction of sp³-hybridized carbons (Fsp3) is 0.130. The minimum Gasteiger partial charge on any atom is -0.507 e. The van der Waals surface area contributed by atoms with Crippen LogP contribution in [0.15, 0.2) is 88.9 Å². The number of phenols is 1. The number of aromatic hydroxyl groups is 1. The summed E-state index contributed by atoms with van der Waals surface area (Å²) in [5.74, 6) is -0.577. The quantitative estimate of drug-likeness (QED) is 0.418. The van der Waals surface area contributed by atoms with Crippen molar-refractivity contribution in [2.75, 3.05) is 6.54 Å². The van der Waals surface area contributed by atoms with Gasteiger partial charge in [-0.1, -0.05) is 60.2 Å². The normalized spacial score (nSPS) is 11.7. The van der Waals surface area contributed by atoms with Gasteiger partial charge in [0.2, 0.25) is 10.0 Å². The van der Waals surface area contributed by atoms with E-state index in [0.29, 0.717) is 5.56 Å². The van der Waals surface area contributed by atoms with Crippen LogP contribution >= 0.6 is 0 Å². The van der Waals surface area contributed by atoms with Crippen molar-refractivity contribution in [3.8, 4) is 5.75 Å². The number of hydrogen-bond acceptors (Lipinski definition) is 5. The zero-order valence-corrected chi connectivity index (χ0v) is 17.8. The van der Waals surface area contributed by atoms with Gasteiger partial charge in [-0.3, -0.25) is 4.79 Å². The predicted octanol–water partition coefficient (Wildman–Crippen LogP) is 3.04. The Bertz CT molecular complexity index is 1160. The van der Waals surface area contributed by atoms with Crippen LogP contribution in [0.4, 0.5) is 0 Å². The Kier molecular flexibility index (Phi) is 7.17. The highest BCUT2D eigenvalue weighted by Gasteiger charge is 2.26. The molecule has 0 bridgehead atoms. The van der Waals surface area contributed by atoms with Crippen LogP contribution in [0.1, 0.15) is 16.7 Å². The van der Waals surface area contributed by atoms with E-state index in [1.165, 1.54) is 24.4 Å². The van der Waals surface area contributed by atoms with Crippen LogP contribution in [0, 0.1) is 6.92 Å². The minimum absolute atomic E-state index is 0.0214. The molecule has 0 radical (unpaired) electrons. The molecule has 3 aromatic carbocycles. The van der Waals surface area contributed by atoms with Gasteiger partial charge in [0.05, 0.1) is 17.7 Å². The van der Waals surface area contributed by atoms with E-state index in [0.717, 1.165) is 15.4 Å². The molecule has 0 spiro atoms. The molecule has 0 atom stereocenters. The lowest BCUT2D eigenvalue weighted by molar-refractivity contribution is -0.121. The number of sulfonamides is 1. The second-order valence-electron chi connectivity index (χ2n) is 6.92. The van der Waals surface area contributed by atoms with Crippen LogP contribution in [0.25, 0.3) is 0 Å². The largest absolute Gasteiger partial charge is 0.507 e. The van der Waals surface area contributed by atoms with Crippen LogP contribution in [0.3, 0.4) is 0 Å². The lowest BCUT2D eigenvalue weighted by Crippen LogP contribution is -2.39. The van der Waals surface area contributed by atoms with E-state index in [4.69, 9.17) is 0 Å². The summed E-state index contributed by atoms with van der Waals surface area (Å²) in [4.78, 5) is 12.6. The molecule has 31 heavy (non-hydrogen) atoms. The molecule has 0 saturated carbocycles. The van der Waals surface area contributed by atoms with E-state index in [9.17, 15) is 18.3 Å². The summed E-state index contributed by atoms with van der Waals surface area (Å²) in [7, 11) is -3.91. The number of amides is 1. The second-order valence-corrected chi connectivity index (χ2v) is 8.86. The van der Waals surface area contributed by atoms with Crippen LogP contribution in [-0.2, 0) is 21.4 Å². The topological polar surface area (TPSA) is 99.1 Å². The molecule has 3 rings (SSSR count). The van der Waals surface area contributed by atoms with Crippen molar-refractivity contribution in [3.63, 3.8) is 0 Å². The third kappa shape index (κ3) is 6.00. The van der Waals surface area contributed by atoms with Gasteiger partial charge >= 0.3 is 0 Å². The van der Waals surface area contributed by atoms with Crippen molar-refractivity contribution in [2.45, 2.75) is 18.4 Å². The van der Waals surface area contributed by atoms with E-state index < -0.39 is 22.5 Å². The summed E-state index contributed by atoms with van der Waals surface area (Å²) < 4.78 is 27.5. The second kappa shape index (κ2) is 10.0. The molecule has 0 saturated heterocycles. The van der Waals surface area contributed by atoms with Crippen LogP contribution < -0.4 is 5.43 Å². The number of benzene rings is 3. The SMILES string of the molecule is Cc1ccc(S(=O)(=O)N(CC(=O)N/N=C/c2ccccc2O)Cc2ccccc2)cc1. The standard InChI is InChI=1S/C23H23N3O4S/c1-18-11-13-21(14-12-18)31(29,30)26(16-19-7-3-2-4-8-19)17-23(28)25-24-15-20-9-5-6-10-22(20)27/h2-15,27H,16-17H2,1H3,(H,25,28)/b24-15+. The zero-order chi connectivity index (χ0) is 22.3. The fourth-order valence-corrected chi connectivity index (χ4v) is 4.22. The molecule has 0 aliphatic carbocycles.